The minimum absolute atomic E-state index is 0. The lowest BCUT2D eigenvalue weighted by atomic mass is 10.2. The second kappa shape index (κ2) is 6.94. The quantitative estimate of drug-likeness (QED) is 0.414. The fraction of sp³-hybridized carbons (Fsp3) is 0. The minimum Gasteiger partial charge on any atom is -0.493 e. The van der Waals surface area contributed by atoms with Crippen molar-refractivity contribution in [1.82, 2.24) is 9.97 Å². The summed E-state index contributed by atoms with van der Waals surface area (Å²) in [7, 11) is 0. The van der Waals surface area contributed by atoms with E-state index in [0.29, 0.717) is 10.8 Å². The Bertz CT molecular complexity index is 994. The number of rotatable bonds is 3. The number of H-pyrrole nitrogens is 1. The first-order valence-corrected chi connectivity index (χ1v) is 7.91. The number of hydrogen-bond donors (Lipinski definition) is 2. The second-order valence-electron chi connectivity index (χ2n) is 4.95. The van der Waals surface area contributed by atoms with Crippen LogP contribution in [-0.4, -0.2) is 15.1 Å². The van der Waals surface area contributed by atoms with Crippen molar-refractivity contribution >= 4 is 50.0 Å². The number of azo groups is 1. The molecule has 0 aliphatic heterocycles. The van der Waals surface area contributed by atoms with Crippen molar-refractivity contribution in [2.45, 2.75) is 0 Å². The van der Waals surface area contributed by atoms with E-state index in [9.17, 15) is 5.11 Å². The van der Waals surface area contributed by atoms with Gasteiger partial charge in [-0.1, -0.05) is 48.5 Å². The first-order valence-electron chi connectivity index (χ1n) is 7.03. The molecule has 0 bridgehead atoms. The molecule has 2 N–H and O–H groups in total. The van der Waals surface area contributed by atoms with Crippen LogP contribution in [-0.2, 0) is 0 Å². The Morgan fingerprint density at radius 2 is 1.71 bits per heavy atom. The molecular weight excluding hydrogens is 388 g/mol. The SMILES string of the molecule is Br.Oc1[nH]c2ccccc2c1N=Nc1nc(-c2ccccc2)cs1. The molecule has 0 aliphatic rings. The highest BCUT2D eigenvalue weighted by Gasteiger charge is 2.10. The lowest BCUT2D eigenvalue weighted by Crippen LogP contribution is -1.74. The predicted molar refractivity (Wildman–Crippen MR) is 102 cm³/mol. The molecule has 2 aromatic carbocycles. The van der Waals surface area contributed by atoms with Crippen LogP contribution >= 0.6 is 28.3 Å². The number of aromatic hydroxyl groups is 1. The van der Waals surface area contributed by atoms with Crippen LogP contribution in [0.25, 0.3) is 22.2 Å². The summed E-state index contributed by atoms with van der Waals surface area (Å²) in [5.74, 6) is 0.00906. The Morgan fingerprint density at radius 1 is 0.958 bits per heavy atom. The summed E-state index contributed by atoms with van der Waals surface area (Å²) in [6.07, 6.45) is 0. The average Bonchev–Trinajstić information content (AvgIpc) is 3.18. The van der Waals surface area contributed by atoms with Crippen molar-refractivity contribution < 1.29 is 5.11 Å². The molecule has 0 saturated carbocycles. The van der Waals surface area contributed by atoms with E-state index in [1.165, 1.54) is 11.3 Å². The van der Waals surface area contributed by atoms with E-state index in [1.54, 1.807) is 0 Å². The van der Waals surface area contributed by atoms with Gasteiger partial charge < -0.3 is 10.1 Å². The molecule has 0 fully saturated rings. The maximum atomic E-state index is 9.97. The van der Waals surface area contributed by atoms with Crippen molar-refractivity contribution in [1.29, 1.82) is 0 Å². The van der Waals surface area contributed by atoms with E-state index >= 15 is 0 Å². The summed E-state index contributed by atoms with van der Waals surface area (Å²) in [6, 6.07) is 17.5. The van der Waals surface area contributed by atoms with Gasteiger partial charge in [-0.05, 0) is 6.07 Å². The Balaban J connectivity index is 0.00000169. The van der Waals surface area contributed by atoms with Gasteiger partial charge in [0.25, 0.3) is 0 Å². The van der Waals surface area contributed by atoms with E-state index in [4.69, 9.17) is 0 Å². The van der Waals surface area contributed by atoms with Crippen molar-refractivity contribution in [2.24, 2.45) is 10.2 Å². The number of aromatic nitrogens is 2. The molecule has 120 valence electrons. The number of halogens is 1. The third-order valence-corrected chi connectivity index (χ3v) is 4.18. The lowest BCUT2D eigenvalue weighted by Gasteiger charge is -1.93. The molecular formula is C17H13BrN4OS. The second-order valence-corrected chi connectivity index (χ2v) is 5.79. The molecule has 24 heavy (non-hydrogen) atoms. The molecule has 0 unspecified atom stereocenters. The molecule has 0 atom stereocenters. The highest BCUT2D eigenvalue weighted by atomic mass is 79.9. The Kier molecular flexibility index (Phi) is 4.73. The molecule has 4 rings (SSSR count). The van der Waals surface area contributed by atoms with Gasteiger partial charge >= 0.3 is 0 Å². The van der Waals surface area contributed by atoms with E-state index in [1.807, 2.05) is 60.0 Å². The number of hydrogen-bond acceptors (Lipinski definition) is 5. The van der Waals surface area contributed by atoms with E-state index in [2.05, 4.69) is 20.2 Å². The Hall–Kier alpha value is -2.51. The standard InChI is InChI=1S/C17H12N4OS.BrH/c22-16-15(12-8-4-5-9-13(12)18-16)20-21-17-19-14(10-23-17)11-6-2-1-3-7-11;/h1-10,18,22H;1H. The Morgan fingerprint density at radius 3 is 2.54 bits per heavy atom. The van der Waals surface area contributed by atoms with Gasteiger partial charge in [0.2, 0.25) is 11.0 Å². The zero-order chi connectivity index (χ0) is 15.6. The molecule has 0 amide bonds. The summed E-state index contributed by atoms with van der Waals surface area (Å²) in [4.78, 5) is 7.34. The number of para-hydroxylation sites is 1. The smallest absolute Gasteiger partial charge is 0.230 e. The van der Waals surface area contributed by atoms with Crippen molar-refractivity contribution in [3.63, 3.8) is 0 Å². The lowest BCUT2D eigenvalue weighted by molar-refractivity contribution is 0.459. The van der Waals surface area contributed by atoms with Crippen LogP contribution in [0, 0.1) is 0 Å². The number of benzene rings is 2. The van der Waals surface area contributed by atoms with Gasteiger partial charge in [-0.2, -0.15) is 0 Å². The van der Waals surface area contributed by atoms with Crippen LogP contribution in [0.3, 0.4) is 0 Å². The third kappa shape index (κ3) is 3.08. The molecule has 5 nitrogen and oxygen atoms in total. The van der Waals surface area contributed by atoms with E-state index < -0.39 is 0 Å². The minimum atomic E-state index is 0. The molecule has 4 aromatic rings. The summed E-state index contributed by atoms with van der Waals surface area (Å²) < 4.78 is 0. The first-order chi connectivity index (χ1) is 11.3. The fourth-order valence-corrected chi connectivity index (χ4v) is 3.00. The highest BCUT2D eigenvalue weighted by molar-refractivity contribution is 8.93. The fourth-order valence-electron chi connectivity index (χ4n) is 2.36. The molecule has 0 spiro atoms. The number of nitrogens with one attached hydrogen (secondary N) is 1. The van der Waals surface area contributed by atoms with Gasteiger partial charge in [-0.25, -0.2) is 4.98 Å². The molecule has 0 radical (unpaired) electrons. The van der Waals surface area contributed by atoms with Gasteiger partial charge in [0, 0.05) is 16.3 Å². The maximum absolute atomic E-state index is 9.97. The topological polar surface area (TPSA) is 73.6 Å². The van der Waals surface area contributed by atoms with Crippen LogP contribution in [0.1, 0.15) is 0 Å². The van der Waals surface area contributed by atoms with Crippen LogP contribution < -0.4 is 0 Å². The number of fused-ring (bicyclic) bond motifs is 1. The summed E-state index contributed by atoms with van der Waals surface area (Å²) in [5.41, 5.74) is 3.16. The van der Waals surface area contributed by atoms with Crippen molar-refractivity contribution in [3.8, 4) is 17.1 Å². The van der Waals surface area contributed by atoms with Gasteiger partial charge in [-0.15, -0.1) is 38.5 Å². The summed E-state index contributed by atoms with van der Waals surface area (Å²) in [6.45, 7) is 0. The molecule has 2 heterocycles. The molecule has 0 saturated heterocycles. The van der Waals surface area contributed by atoms with Crippen molar-refractivity contribution in [2.75, 3.05) is 0 Å². The van der Waals surface area contributed by atoms with Gasteiger partial charge in [0.05, 0.1) is 11.2 Å². The van der Waals surface area contributed by atoms with Gasteiger partial charge in [-0.3, -0.25) is 0 Å². The molecule has 2 aromatic heterocycles. The first kappa shape index (κ1) is 16.4. The predicted octanol–water partition coefficient (Wildman–Crippen LogP) is 5.99. The monoisotopic (exact) mass is 400 g/mol. The third-order valence-electron chi connectivity index (χ3n) is 3.46. The zero-order valence-electron chi connectivity index (χ0n) is 12.4. The van der Waals surface area contributed by atoms with Crippen LogP contribution in [0.5, 0.6) is 5.88 Å². The van der Waals surface area contributed by atoms with Crippen LogP contribution in [0.4, 0.5) is 10.8 Å². The van der Waals surface area contributed by atoms with Gasteiger partial charge in [0.15, 0.2) is 5.69 Å². The zero-order valence-corrected chi connectivity index (χ0v) is 14.9. The van der Waals surface area contributed by atoms with Gasteiger partial charge in [0.1, 0.15) is 0 Å². The Labute approximate surface area is 152 Å². The maximum Gasteiger partial charge on any atom is 0.230 e. The summed E-state index contributed by atoms with van der Waals surface area (Å²) >= 11 is 1.41. The van der Waals surface area contributed by atoms with Crippen molar-refractivity contribution in [3.05, 3.63) is 60.0 Å². The van der Waals surface area contributed by atoms with Crippen LogP contribution in [0.15, 0.2) is 70.2 Å². The van der Waals surface area contributed by atoms with Crippen LogP contribution in [0.2, 0.25) is 0 Å². The number of thiazole rings is 1. The van der Waals surface area contributed by atoms with E-state index in [-0.39, 0.29) is 22.9 Å². The average molecular weight is 401 g/mol. The highest BCUT2D eigenvalue weighted by Crippen LogP contribution is 2.36. The number of aromatic amines is 1. The molecule has 0 aliphatic carbocycles. The largest absolute Gasteiger partial charge is 0.493 e. The number of nitrogens with zero attached hydrogens (tertiary/aromatic N) is 3. The summed E-state index contributed by atoms with van der Waals surface area (Å²) in [5, 5.41) is 21.6. The van der Waals surface area contributed by atoms with E-state index in [0.717, 1.165) is 22.2 Å². The molecule has 7 heteroatoms. The normalized spacial score (nSPS) is 11.0.